The molecular formula is C13H28NO+. The van der Waals surface area contributed by atoms with Gasteiger partial charge in [-0.2, -0.15) is 0 Å². The molecule has 1 N–H and O–H groups in total. The lowest BCUT2D eigenvalue weighted by Crippen LogP contribution is -2.56. The van der Waals surface area contributed by atoms with Gasteiger partial charge in [0.2, 0.25) is 0 Å². The highest BCUT2D eigenvalue weighted by atomic mass is 16.3. The van der Waals surface area contributed by atoms with Crippen LogP contribution in [0.5, 0.6) is 0 Å². The fraction of sp³-hybridized carbons (Fsp3) is 1.00. The van der Waals surface area contributed by atoms with Gasteiger partial charge in [0.1, 0.15) is 12.6 Å². The van der Waals surface area contributed by atoms with Crippen molar-refractivity contribution in [1.29, 1.82) is 0 Å². The van der Waals surface area contributed by atoms with Gasteiger partial charge in [0.05, 0.1) is 19.6 Å². The molecule has 2 heteroatoms. The van der Waals surface area contributed by atoms with E-state index < -0.39 is 0 Å². The maximum atomic E-state index is 9.83. The average molecular weight is 214 g/mol. The summed E-state index contributed by atoms with van der Waals surface area (Å²) < 4.78 is 1.20. The number of quaternary nitrogens is 1. The number of aliphatic hydroxyl groups is 1. The summed E-state index contributed by atoms with van der Waals surface area (Å²) in [6.07, 6.45) is 7.40. The van der Waals surface area contributed by atoms with E-state index in [9.17, 15) is 5.11 Å². The fourth-order valence-electron chi connectivity index (χ4n) is 2.80. The standard InChI is InChI=1S/C13H28NO/c1-3-5-9-14(10-6-4-2)11-7-8-13(15)12-14/h13,15H,3-12H2,1-2H3/q+1/t13-/m0/s1. The maximum Gasteiger partial charge on any atom is 0.105 e. The van der Waals surface area contributed by atoms with Crippen molar-refractivity contribution in [1.82, 2.24) is 0 Å². The normalized spacial score (nSPS) is 25.4. The monoisotopic (exact) mass is 214 g/mol. The van der Waals surface area contributed by atoms with Crippen molar-refractivity contribution in [2.45, 2.75) is 58.5 Å². The molecule has 0 aliphatic carbocycles. The molecule has 0 unspecified atom stereocenters. The summed E-state index contributed by atoms with van der Waals surface area (Å²) in [5.41, 5.74) is 0. The number of piperidine rings is 1. The number of likely N-dealkylation sites (tertiary alicyclic amines) is 1. The number of nitrogens with zero attached hydrogens (tertiary/aromatic N) is 1. The van der Waals surface area contributed by atoms with Crippen LogP contribution >= 0.6 is 0 Å². The van der Waals surface area contributed by atoms with E-state index in [4.69, 9.17) is 0 Å². The van der Waals surface area contributed by atoms with Crippen molar-refractivity contribution < 1.29 is 9.59 Å². The highest BCUT2D eigenvalue weighted by Gasteiger charge is 2.32. The molecule has 0 radical (unpaired) electrons. The molecule has 1 fully saturated rings. The maximum absolute atomic E-state index is 9.83. The molecule has 0 spiro atoms. The van der Waals surface area contributed by atoms with Crippen LogP contribution in [-0.4, -0.2) is 41.9 Å². The van der Waals surface area contributed by atoms with E-state index in [1.807, 2.05) is 0 Å². The Morgan fingerprint density at radius 2 is 1.73 bits per heavy atom. The molecule has 0 bridgehead atoms. The Morgan fingerprint density at radius 1 is 1.13 bits per heavy atom. The van der Waals surface area contributed by atoms with Gasteiger partial charge in [-0.05, 0) is 25.7 Å². The molecule has 0 aromatic rings. The van der Waals surface area contributed by atoms with Gasteiger partial charge in [0.25, 0.3) is 0 Å². The van der Waals surface area contributed by atoms with Crippen LogP contribution in [0.25, 0.3) is 0 Å². The first-order chi connectivity index (χ1) is 7.22. The summed E-state index contributed by atoms with van der Waals surface area (Å²) in [4.78, 5) is 0. The van der Waals surface area contributed by atoms with Crippen LogP contribution in [-0.2, 0) is 0 Å². The van der Waals surface area contributed by atoms with Gasteiger partial charge in [0.15, 0.2) is 0 Å². The highest BCUT2D eigenvalue weighted by molar-refractivity contribution is 4.63. The molecule has 1 aliphatic heterocycles. The SMILES string of the molecule is CCCC[N+]1(CCCC)CCC[C@H](O)C1. The molecule has 1 atom stereocenters. The Morgan fingerprint density at radius 3 is 2.20 bits per heavy atom. The van der Waals surface area contributed by atoms with Crippen molar-refractivity contribution in [2.24, 2.45) is 0 Å². The third kappa shape index (κ3) is 4.12. The smallest absolute Gasteiger partial charge is 0.105 e. The van der Waals surface area contributed by atoms with Crippen molar-refractivity contribution >= 4 is 0 Å². The van der Waals surface area contributed by atoms with Crippen molar-refractivity contribution in [3.63, 3.8) is 0 Å². The second-order valence-corrected chi connectivity index (χ2v) is 5.20. The lowest BCUT2D eigenvalue weighted by Gasteiger charge is -2.43. The zero-order valence-corrected chi connectivity index (χ0v) is 10.5. The average Bonchev–Trinajstić information content (AvgIpc) is 2.24. The van der Waals surface area contributed by atoms with Gasteiger partial charge in [-0.1, -0.05) is 26.7 Å². The summed E-state index contributed by atoms with van der Waals surface area (Å²) in [5.74, 6) is 0. The number of aliphatic hydroxyl groups excluding tert-OH is 1. The molecule has 1 rings (SSSR count). The lowest BCUT2D eigenvalue weighted by atomic mass is 10.0. The third-order valence-corrected chi connectivity index (χ3v) is 3.74. The van der Waals surface area contributed by atoms with Gasteiger partial charge in [-0.25, -0.2) is 0 Å². The molecule has 1 saturated heterocycles. The summed E-state index contributed by atoms with van der Waals surface area (Å²) in [6, 6.07) is 0. The number of rotatable bonds is 6. The van der Waals surface area contributed by atoms with Crippen LogP contribution in [0.2, 0.25) is 0 Å². The Bertz CT molecular complexity index is 162. The predicted molar refractivity (Wildman–Crippen MR) is 64.8 cm³/mol. The largest absolute Gasteiger partial charge is 0.387 e. The molecular weight excluding hydrogens is 186 g/mol. The molecule has 1 heterocycles. The molecule has 1 aliphatic rings. The van der Waals surface area contributed by atoms with Crippen LogP contribution < -0.4 is 0 Å². The van der Waals surface area contributed by atoms with Crippen LogP contribution in [0.3, 0.4) is 0 Å². The molecule has 90 valence electrons. The zero-order chi connectivity index (χ0) is 11.1. The molecule has 15 heavy (non-hydrogen) atoms. The lowest BCUT2D eigenvalue weighted by molar-refractivity contribution is -0.935. The van der Waals surface area contributed by atoms with E-state index in [1.54, 1.807) is 0 Å². The number of hydrogen-bond donors (Lipinski definition) is 1. The predicted octanol–water partition coefficient (Wildman–Crippen LogP) is 2.56. The van der Waals surface area contributed by atoms with Gasteiger partial charge >= 0.3 is 0 Å². The van der Waals surface area contributed by atoms with Crippen molar-refractivity contribution in [3.05, 3.63) is 0 Å². The molecule has 2 nitrogen and oxygen atoms in total. The van der Waals surface area contributed by atoms with E-state index in [-0.39, 0.29) is 6.10 Å². The van der Waals surface area contributed by atoms with Crippen molar-refractivity contribution in [2.75, 3.05) is 26.2 Å². The quantitative estimate of drug-likeness (QED) is 0.674. The van der Waals surface area contributed by atoms with Gasteiger partial charge in [-0.3, -0.25) is 0 Å². The van der Waals surface area contributed by atoms with E-state index in [0.29, 0.717) is 0 Å². The van der Waals surface area contributed by atoms with Gasteiger partial charge < -0.3 is 9.59 Å². The third-order valence-electron chi connectivity index (χ3n) is 3.74. The number of unbranched alkanes of at least 4 members (excludes halogenated alkanes) is 2. The van der Waals surface area contributed by atoms with Crippen molar-refractivity contribution in [3.8, 4) is 0 Å². The summed E-state index contributed by atoms with van der Waals surface area (Å²) >= 11 is 0. The summed E-state index contributed by atoms with van der Waals surface area (Å²) in [7, 11) is 0. The van der Waals surface area contributed by atoms with E-state index in [0.717, 1.165) is 13.0 Å². The highest BCUT2D eigenvalue weighted by Crippen LogP contribution is 2.21. The minimum atomic E-state index is -0.0348. The zero-order valence-electron chi connectivity index (χ0n) is 10.5. The van der Waals surface area contributed by atoms with Gasteiger partial charge in [-0.15, -0.1) is 0 Å². The minimum absolute atomic E-state index is 0.0348. The van der Waals surface area contributed by atoms with E-state index in [1.165, 1.54) is 56.2 Å². The van der Waals surface area contributed by atoms with Crippen LogP contribution in [0, 0.1) is 0 Å². The van der Waals surface area contributed by atoms with Gasteiger partial charge in [0, 0.05) is 0 Å². The first kappa shape index (κ1) is 13.0. The van der Waals surface area contributed by atoms with Crippen LogP contribution in [0.4, 0.5) is 0 Å². The Hall–Kier alpha value is -0.0800. The Balaban J connectivity index is 2.49. The topological polar surface area (TPSA) is 20.2 Å². The Labute approximate surface area is 94.9 Å². The molecule has 0 amide bonds. The minimum Gasteiger partial charge on any atom is -0.387 e. The summed E-state index contributed by atoms with van der Waals surface area (Å²) in [6.45, 7) is 9.41. The molecule has 0 saturated carbocycles. The first-order valence-electron chi connectivity index (χ1n) is 6.75. The molecule has 0 aromatic carbocycles. The first-order valence-corrected chi connectivity index (χ1v) is 6.75. The van der Waals surface area contributed by atoms with E-state index >= 15 is 0 Å². The second kappa shape index (κ2) is 6.49. The van der Waals surface area contributed by atoms with Crippen LogP contribution in [0.1, 0.15) is 52.4 Å². The van der Waals surface area contributed by atoms with Crippen LogP contribution in [0.15, 0.2) is 0 Å². The fourth-order valence-corrected chi connectivity index (χ4v) is 2.80. The summed E-state index contributed by atoms with van der Waals surface area (Å²) in [5, 5.41) is 9.83. The molecule has 0 aromatic heterocycles. The van der Waals surface area contributed by atoms with E-state index in [2.05, 4.69) is 13.8 Å². The second-order valence-electron chi connectivity index (χ2n) is 5.20. The number of hydrogen-bond acceptors (Lipinski definition) is 1. The Kier molecular flexibility index (Phi) is 5.62.